The summed E-state index contributed by atoms with van der Waals surface area (Å²) in [5, 5.41) is 20.2. The third kappa shape index (κ3) is 3.49. The van der Waals surface area contributed by atoms with Crippen LogP contribution in [0, 0.1) is 0 Å². The highest BCUT2D eigenvalue weighted by atomic mass is 16.5. The summed E-state index contributed by atoms with van der Waals surface area (Å²) in [6.45, 7) is 0.522. The predicted octanol–water partition coefficient (Wildman–Crippen LogP) is 1.84. The Morgan fingerprint density at radius 3 is 2.79 bits per heavy atom. The fraction of sp³-hybridized carbons (Fsp3) is 0.125. The van der Waals surface area contributed by atoms with E-state index >= 15 is 0 Å². The molecule has 0 aliphatic heterocycles. The summed E-state index contributed by atoms with van der Waals surface area (Å²) in [5.41, 5.74) is 1.25. The number of ketones is 1. The molecule has 0 aliphatic carbocycles. The molecular formula is C16H15N5O3. The Kier molecular flexibility index (Phi) is 4.37. The van der Waals surface area contributed by atoms with Crippen molar-refractivity contribution in [3.8, 4) is 5.75 Å². The zero-order valence-electron chi connectivity index (χ0n) is 12.9. The SMILES string of the molecule is COc1ccc(Cn2ccc(C(=O)C=C(O)c3nc[nH]n3)n2)cc1. The number of ether oxygens (including phenoxy) is 1. The summed E-state index contributed by atoms with van der Waals surface area (Å²) in [7, 11) is 1.61. The van der Waals surface area contributed by atoms with Gasteiger partial charge in [-0.25, -0.2) is 4.98 Å². The summed E-state index contributed by atoms with van der Waals surface area (Å²) in [4.78, 5) is 15.9. The van der Waals surface area contributed by atoms with Crippen molar-refractivity contribution in [3.63, 3.8) is 0 Å². The van der Waals surface area contributed by atoms with Crippen LogP contribution in [0.5, 0.6) is 5.75 Å². The van der Waals surface area contributed by atoms with Crippen molar-refractivity contribution in [2.75, 3.05) is 7.11 Å². The zero-order valence-corrected chi connectivity index (χ0v) is 12.9. The number of methoxy groups -OCH3 is 1. The minimum absolute atomic E-state index is 0.0565. The number of carbonyl (C=O) groups excluding carboxylic acids is 1. The van der Waals surface area contributed by atoms with Gasteiger partial charge in [-0.2, -0.15) is 10.2 Å². The first-order valence-electron chi connectivity index (χ1n) is 7.13. The van der Waals surface area contributed by atoms with Crippen molar-refractivity contribution < 1.29 is 14.6 Å². The van der Waals surface area contributed by atoms with Crippen LogP contribution in [0.1, 0.15) is 21.9 Å². The van der Waals surface area contributed by atoms with Crippen molar-refractivity contribution in [1.82, 2.24) is 25.0 Å². The molecule has 2 heterocycles. The monoisotopic (exact) mass is 325 g/mol. The number of aliphatic hydroxyl groups excluding tert-OH is 1. The highest BCUT2D eigenvalue weighted by molar-refractivity contribution is 6.06. The summed E-state index contributed by atoms with van der Waals surface area (Å²) in [6.07, 6.45) is 4.06. The largest absolute Gasteiger partial charge is 0.504 e. The van der Waals surface area contributed by atoms with Gasteiger partial charge in [0.2, 0.25) is 11.6 Å². The van der Waals surface area contributed by atoms with Crippen LogP contribution in [0.3, 0.4) is 0 Å². The fourth-order valence-corrected chi connectivity index (χ4v) is 2.09. The minimum atomic E-state index is -0.425. The molecule has 0 spiro atoms. The van der Waals surface area contributed by atoms with Crippen LogP contribution >= 0.6 is 0 Å². The highest BCUT2D eigenvalue weighted by Gasteiger charge is 2.11. The van der Waals surface area contributed by atoms with E-state index in [-0.39, 0.29) is 17.3 Å². The molecule has 24 heavy (non-hydrogen) atoms. The molecule has 0 saturated carbocycles. The minimum Gasteiger partial charge on any atom is -0.504 e. The van der Waals surface area contributed by atoms with E-state index in [4.69, 9.17) is 4.74 Å². The molecule has 0 atom stereocenters. The number of hydrogen-bond acceptors (Lipinski definition) is 6. The van der Waals surface area contributed by atoms with Crippen LogP contribution in [-0.2, 0) is 6.54 Å². The van der Waals surface area contributed by atoms with Gasteiger partial charge < -0.3 is 9.84 Å². The Hall–Kier alpha value is -3.42. The number of benzene rings is 1. The van der Waals surface area contributed by atoms with E-state index in [1.165, 1.54) is 6.33 Å². The molecule has 2 N–H and O–H groups in total. The number of aromatic amines is 1. The van der Waals surface area contributed by atoms with Crippen molar-refractivity contribution in [2.45, 2.75) is 6.54 Å². The van der Waals surface area contributed by atoms with E-state index in [0.717, 1.165) is 17.4 Å². The van der Waals surface area contributed by atoms with Crippen LogP contribution in [-0.4, -0.2) is 43.0 Å². The first kappa shape index (κ1) is 15.5. The standard InChI is InChI=1S/C16H15N5O3/c1-24-12-4-2-11(3-5-12)9-21-7-6-13(20-21)14(22)8-15(23)16-17-10-18-19-16/h2-8,10,23H,9H2,1H3,(H,17,18,19). The molecule has 0 unspecified atom stereocenters. The molecule has 8 heteroatoms. The lowest BCUT2D eigenvalue weighted by atomic mass is 10.2. The Labute approximate surface area is 137 Å². The van der Waals surface area contributed by atoms with E-state index in [0.29, 0.717) is 6.54 Å². The molecular weight excluding hydrogens is 310 g/mol. The number of allylic oxidation sites excluding steroid dienone is 1. The van der Waals surface area contributed by atoms with Gasteiger partial charge in [0.15, 0.2) is 5.76 Å². The Morgan fingerprint density at radius 2 is 2.12 bits per heavy atom. The maximum absolute atomic E-state index is 12.1. The second-order valence-corrected chi connectivity index (χ2v) is 4.96. The average molecular weight is 325 g/mol. The number of hydrogen-bond donors (Lipinski definition) is 2. The second-order valence-electron chi connectivity index (χ2n) is 4.96. The number of nitrogens with zero attached hydrogens (tertiary/aromatic N) is 4. The number of aliphatic hydroxyl groups is 1. The molecule has 0 radical (unpaired) electrons. The summed E-state index contributed by atoms with van der Waals surface area (Å²) >= 11 is 0. The van der Waals surface area contributed by atoms with Crippen molar-refractivity contribution in [2.24, 2.45) is 0 Å². The van der Waals surface area contributed by atoms with E-state index in [2.05, 4.69) is 20.3 Å². The highest BCUT2D eigenvalue weighted by Crippen LogP contribution is 2.13. The van der Waals surface area contributed by atoms with Gasteiger partial charge in [-0.1, -0.05) is 12.1 Å². The Bertz CT molecular complexity index is 850. The molecule has 3 aromatic rings. The van der Waals surface area contributed by atoms with Crippen LogP contribution in [0.2, 0.25) is 0 Å². The van der Waals surface area contributed by atoms with Crippen LogP contribution in [0.15, 0.2) is 48.9 Å². The van der Waals surface area contributed by atoms with E-state index in [1.807, 2.05) is 24.3 Å². The maximum atomic E-state index is 12.1. The lowest BCUT2D eigenvalue weighted by Crippen LogP contribution is -2.04. The van der Waals surface area contributed by atoms with E-state index in [9.17, 15) is 9.90 Å². The fourth-order valence-electron chi connectivity index (χ4n) is 2.09. The molecule has 122 valence electrons. The van der Waals surface area contributed by atoms with Crippen molar-refractivity contribution in [3.05, 3.63) is 66.0 Å². The molecule has 0 fully saturated rings. The smallest absolute Gasteiger partial charge is 0.215 e. The molecule has 0 bridgehead atoms. The van der Waals surface area contributed by atoms with Crippen LogP contribution in [0.4, 0.5) is 0 Å². The van der Waals surface area contributed by atoms with Gasteiger partial charge in [0, 0.05) is 12.3 Å². The zero-order chi connectivity index (χ0) is 16.9. The van der Waals surface area contributed by atoms with E-state index in [1.54, 1.807) is 24.1 Å². The predicted molar refractivity (Wildman–Crippen MR) is 85.6 cm³/mol. The molecule has 0 aliphatic rings. The van der Waals surface area contributed by atoms with Gasteiger partial charge in [-0.15, -0.1) is 0 Å². The molecule has 0 saturated heterocycles. The quantitative estimate of drug-likeness (QED) is 0.407. The number of nitrogens with one attached hydrogen (secondary N) is 1. The Balaban J connectivity index is 1.70. The third-order valence-electron chi connectivity index (χ3n) is 3.31. The number of H-pyrrole nitrogens is 1. The first-order chi connectivity index (χ1) is 11.7. The molecule has 0 amide bonds. The third-order valence-corrected chi connectivity index (χ3v) is 3.31. The van der Waals surface area contributed by atoms with Gasteiger partial charge in [0.25, 0.3) is 0 Å². The summed E-state index contributed by atoms with van der Waals surface area (Å²) < 4.78 is 6.76. The van der Waals surface area contributed by atoms with Crippen LogP contribution in [0.25, 0.3) is 5.76 Å². The van der Waals surface area contributed by atoms with E-state index < -0.39 is 5.78 Å². The normalized spacial score (nSPS) is 11.5. The summed E-state index contributed by atoms with van der Waals surface area (Å²) in [5.74, 6) is 0.0976. The topological polar surface area (TPSA) is 106 Å². The molecule has 3 rings (SSSR count). The first-order valence-corrected chi connectivity index (χ1v) is 7.13. The van der Waals surface area contributed by atoms with Crippen molar-refractivity contribution in [1.29, 1.82) is 0 Å². The van der Waals surface area contributed by atoms with Gasteiger partial charge in [0.1, 0.15) is 17.8 Å². The summed E-state index contributed by atoms with van der Waals surface area (Å²) in [6, 6.07) is 9.17. The molecule has 1 aromatic carbocycles. The second kappa shape index (κ2) is 6.78. The lowest BCUT2D eigenvalue weighted by Gasteiger charge is -2.03. The number of carbonyl (C=O) groups is 1. The Morgan fingerprint density at radius 1 is 1.33 bits per heavy atom. The van der Waals surface area contributed by atoms with Gasteiger partial charge in [-0.05, 0) is 23.8 Å². The van der Waals surface area contributed by atoms with Crippen molar-refractivity contribution >= 4 is 11.5 Å². The van der Waals surface area contributed by atoms with Gasteiger partial charge in [0.05, 0.1) is 13.7 Å². The maximum Gasteiger partial charge on any atom is 0.215 e. The van der Waals surface area contributed by atoms with Crippen LogP contribution < -0.4 is 4.74 Å². The number of aromatic nitrogens is 5. The van der Waals surface area contributed by atoms with Gasteiger partial charge in [-0.3, -0.25) is 14.6 Å². The lowest BCUT2D eigenvalue weighted by molar-refractivity contribution is 0.104. The van der Waals surface area contributed by atoms with Gasteiger partial charge >= 0.3 is 0 Å². The average Bonchev–Trinajstić information content (AvgIpc) is 3.27. The molecule has 2 aromatic heterocycles. The number of rotatable bonds is 6. The molecule has 8 nitrogen and oxygen atoms in total.